The quantitative estimate of drug-likeness (QED) is 0.130. The van der Waals surface area contributed by atoms with Crippen LogP contribution in [0.1, 0.15) is 22.8 Å². The molecule has 44 heavy (non-hydrogen) atoms. The maximum atomic E-state index is 13.8. The summed E-state index contributed by atoms with van der Waals surface area (Å²) in [6.45, 7) is 1.87. The number of carbonyl (C=O) groups is 3. The highest BCUT2D eigenvalue weighted by atomic mass is 32.2. The average molecular weight is 599 g/mol. The Morgan fingerprint density at radius 2 is 1.41 bits per heavy atom. The van der Waals surface area contributed by atoms with E-state index in [0.717, 1.165) is 16.3 Å². The van der Waals surface area contributed by atoms with E-state index in [0.29, 0.717) is 16.8 Å². The van der Waals surface area contributed by atoms with Crippen molar-refractivity contribution in [3.63, 3.8) is 0 Å². The molecule has 0 aliphatic carbocycles. The summed E-state index contributed by atoms with van der Waals surface area (Å²) in [4.78, 5) is 46.8. The van der Waals surface area contributed by atoms with Crippen molar-refractivity contribution in [3.05, 3.63) is 157 Å². The highest BCUT2D eigenvalue weighted by Crippen LogP contribution is 2.32. The Balaban J connectivity index is 1.33. The maximum absolute atomic E-state index is 13.8. The molecule has 1 unspecified atom stereocenters. The van der Waals surface area contributed by atoms with Crippen molar-refractivity contribution in [3.8, 4) is 0 Å². The minimum absolute atomic E-state index is 0.0646. The zero-order valence-corrected chi connectivity index (χ0v) is 24.8. The molecule has 5 rings (SSSR count). The first-order valence-corrected chi connectivity index (χ1v) is 14.9. The van der Waals surface area contributed by atoms with Gasteiger partial charge in [-0.05, 0) is 79.2 Å². The van der Waals surface area contributed by atoms with Gasteiger partial charge >= 0.3 is 0 Å². The number of nitrogens with one attached hydrogen (secondary N) is 2. The number of carbonyl (C=O) groups excluding carboxylic acids is 3. The molecular weight excluding hydrogens is 568 g/mol. The molecule has 2 N–H and O–H groups in total. The third kappa shape index (κ3) is 7.87. The Morgan fingerprint density at radius 1 is 0.773 bits per heavy atom. The Kier molecular flexibility index (Phi) is 9.97. The molecule has 0 radical (unpaired) electrons. The summed E-state index contributed by atoms with van der Waals surface area (Å²) in [5, 5.41) is 5.18. The lowest BCUT2D eigenvalue weighted by Gasteiger charge is -2.26. The molecule has 8 heteroatoms. The van der Waals surface area contributed by atoms with Gasteiger partial charge in [-0.1, -0.05) is 66.7 Å². The molecule has 5 aromatic rings. The van der Waals surface area contributed by atoms with Crippen LogP contribution in [0.15, 0.2) is 150 Å². The van der Waals surface area contributed by atoms with Crippen molar-refractivity contribution < 1.29 is 14.4 Å². The van der Waals surface area contributed by atoms with E-state index in [1.807, 2.05) is 91.9 Å². The molecule has 0 fully saturated rings. The molecule has 0 spiro atoms. The zero-order chi connectivity index (χ0) is 30.7. The van der Waals surface area contributed by atoms with Crippen molar-refractivity contribution >= 4 is 52.6 Å². The SMILES string of the molecule is CC(Sc1cccc(NC(=O)/C(=C\c2cccnc2)NC(=O)c2ccccc2)c1)C(=O)N(c1ccccc1)c1ccccc1. The van der Waals surface area contributed by atoms with E-state index in [-0.39, 0.29) is 11.6 Å². The molecule has 0 aliphatic rings. The normalized spacial score (nSPS) is 11.7. The number of aromatic nitrogens is 1. The number of pyridine rings is 1. The predicted molar refractivity (Wildman–Crippen MR) is 177 cm³/mol. The van der Waals surface area contributed by atoms with Crippen LogP contribution in [0.5, 0.6) is 0 Å². The predicted octanol–water partition coefficient (Wildman–Crippen LogP) is 7.34. The van der Waals surface area contributed by atoms with Crippen molar-refractivity contribution in [2.75, 3.05) is 10.2 Å². The van der Waals surface area contributed by atoms with Gasteiger partial charge in [-0.3, -0.25) is 24.3 Å². The molecule has 0 aliphatic heterocycles. The molecule has 0 bridgehead atoms. The Morgan fingerprint density at radius 3 is 2.02 bits per heavy atom. The second-order valence-electron chi connectivity index (χ2n) is 9.75. The summed E-state index contributed by atoms with van der Waals surface area (Å²) < 4.78 is 0. The van der Waals surface area contributed by atoms with E-state index < -0.39 is 17.1 Å². The number of rotatable bonds is 10. The summed E-state index contributed by atoms with van der Waals surface area (Å²) in [5.41, 5.74) is 3.23. The lowest BCUT2D eigenvalue weighted by atomic mass is 10.2. The van der Waals surface area contributed by atoms with E-state index >= 15 is 0 Å². The summed E-state index contributed by atoms with van der Waals surface area (Å²) in [7, 11) is 0. The van der Waals surface area contributed by atoms with Crippen LogP contribution in [-0.4, -0.2) is 28.0 Å². The molecule has 218 valence electrons. The van der Waals surface area contributed by atoms with E-state index in [2.05, 4.69) is 15.6 Å². The smallest absolute Gasteiger partial charge is 0.272 e. The van der Waals surface area contributed by atoms with Crippen LogP contribution in [-0.2, 0) is 9.59 Å². The molecule has 0 saturated heterocycles. The molecule has 0 saturated carbocycles. The second kappa shape index (κ2) is 14.6. The van der Waals surface area contributed by atoms with Crippen molar-refractivity contribution in [2.24, 2.45) is 0 Å². The van der Waals surface area contributed by atoms with Gasteiger partial charge in [-0.25, -0.2) is 0 Å². The first kappa shape index (κ1) is 30.0. The van der Waals surface area contributed by atoms with Crippen molar-refractivity contribution in [2.45, 2.75) is 17.1 Å². The van der Waals surface area contributed by atoms with Crippen LogP contribution in [0.4, 0.5) is 17.1 Å². The summed E-state index contributed by atoms with van der Waals surface area (Å²) in [5.74, 6) is -0.982. The second-order valence-corrected chi connectivity index (χ2v) is 11.2. The lowest BCUT2D eigenvalue weighted by Crippen LogP contribution is -2.32. The van der Waals surface area contributed by atoms with Gasteiger partial charge in [0.05, 0.1) is 5.25 Å². The Bertz CT molecular complexity index is 1710. The van der Waals surface area contributed by atoms with Crippen LogP contribution in [0.2, 0.25) is 0 Å². The fraction of sp³-hybridized carbons (Fsp3) is 0.0556. The number of amides is 3. The average Bonchev–Trinajstić information content (AvgIpc) is 3.06. The molecule has 7 nitrogen and oxygen atoms in total. The van der Waals surface area contributed by atoms with Gasteiger partial charge < -0.3 is 10.6 Å². The van der Waals surface area contributed by atoms with Crippen LogP contribution < -0.4 is 15.5 Å². The standard InChI is InChI=1S/C36H30N4O3S/c1-26(36(43)40(30-17-7-3-8-18-30)31-19-9-4-10-20-31)44-32-21-11-16-29(24-32)38-35(42)33(23-27-13-12-22-37-25-27)39-34(41)28-14-5-2-6-15-28/h2-26H,1H3,(H,38,42)(H,39,41)/b33-23+. The zero-order valence-electron chi connectivity index (χ0n) is 24.0. The van der Waals surface area contributed by atoms with E-state index in [1.54, 1.807) is 65.8 Å². The number of hydrogen-bond acceptors (Lipinski definition) is 5. The summed E-state index contributed by atoms with van der Waals surface area (Å²) >= 11 is 1.39. The molecule has 1 aromatic heterocycles. The van der Waals surface area contributed by atoms with Crippen LogP contribution in [0.3, 0.4) is 0 Å². The van der Waals surface area contributed by atoms with Crippen LogP contribution >= 0.6 is 11.8 Å². The third-order valence-electron chi connectivity index (χ3n) is 6.53. The first-order chi connectivity index (χ1) is 21.5. The maximum Gasteiger partial charge on any atom is 0.272 e. The number of thioether (sulfide) groups is 1. The topological polar surface area (TPSA) is 91.4 Å². The molecule has 1 heterocycles. The number of para-hydroxylation sites is 2. The number of benzene rings is 4. The van der Waals surface area contributed by atoms with Gasteiger partial charge in [0.25, 0.3) is 11.8 Å². The lowest BCUT2D eigenvalue weighted by molar-refractivity contribution is -0.117. The van der Waals surface area contributed by atoms with Gasteiger partial charge in [0, 0.05) is 39.9 Å². The molecule has 1 atom stereocenters. The highest BCUT2D eigenvalue weighted by molar-refractivity contribution is 8.00. The van der Waals surface area contributed by atoms with Crippen molar-refractivity contribution in [1.29, 1.82) is 0 Å². The van der Waals surface area contributed by atoms with E-state index in [9.17, 15) is 14.4 Å². The fourth-order valence-corrected chi connectivity index (χ4v) is 5.38. The third-order valence-corrected chi connectivity index (χ3v) is 7.61. The molecule has 3 amide bonds. The van der Waals surface area contributed by atoms with Gasteiger partial charge in [0.15, 0.2) is 0 Å². The Hall–Kier alpha value is -5.47. The van der Waals surface area contributed by atoms with Crippen molar-refractivity contribution in [1.82, 2.24) is 10.3 Å². The number of hydrogen-bond donors (Lipinski definition) is 2. The Labute approximate surface area is 260 Å². The number of nitrogens with zero attached hydrogens (tertiary/aromatic N) is 2. The van der Waals surface area contributed by atoms with Gasteiger partial charge in [-0.2, -0.15) is 0 Å². The highest BCUT2D eigenvalue weighted by Gasteiger charge is 2.24. The minimum Gasteiger partial charge on any atom is -0.321 e. The fourth-order valence-electron chi connectivity index (χ4n) is 4.41. The summed E-state index contributed by atoms with van der Waals surface area (Å²) in [6.07, 6.45) is 4.81. The van der Waals surface area contributed by atoms with E-state index in [1.165, 1.54) is 11.8 Å². The minimum atomic E-state index is -0.497. The van der Waals surface area contributed by atoms with Gasteiger partial charge in [-0.15, -0.1) is 11.8 Å². The monoisotopic (exact) mass is 598 g/mol. The summed E-state index contributed by atoms with van der Waals surface area (Å²) in [6, 6.07) is 38.6. The van der Waals surface area contributed by atoms with Gasteiger partial charge in [0.1, 0.15) is 5.70 Å². The molecular formula is C36H30N4O3S. The largest absolute Gasteiger partial charge is 0.321 e. The van der Waals surface area contributed by atoms with Crippen LogP contribution in [0.25, 0.3) is 6.08 Å². The molecule has 4 aromatic carbocycles. The number of anilines is 3. The van der Waals surface area contributed by atoms with Gasteiger partial charge in [0.2, 0.25) is 5.91 Å². The van der Waals surface area contributed by atoms with Crippen LogP contribution in [0, 0.1) is 0 Å². The first-order valence-electron chi connectivity index (χ1n) is 14.0. The van der Waals surface area contributed by atoms with E-state index in [4.69, 9.17) is 0 Å².